The highest BCUT2D eigenvalue weighted by Gasteiger charge is 2.27. The lowest BCUT2D eigenvalue weighted by atomic mass is 10.1. The van der Waals surface area contributed by atoms with Gasteiger partial charge < -0.3 is 5.32 Å². The molecule has 3 aromatic carbocycles. The molecule has 0 heterocycles. The Morgan fingerprint density at radius 1 is 0.969 bits per heavy atom. The van der Waals surface area contributed by atoms with Crippen molar-refractivity contribution in [3.63, 3.8) is 0 Å². The summed E-state index contributed by atoms with van der Waals surface area (Å²) in [7, 11) is -4.01. The smallest absolute Gasteiger partial charge is 0.264 e. The van der Waals surface area contributed by atoms with Crippen LogP contribution in [0, 0.1) is 19.7 Å². The summed E-state index contributed by atoms with van der Waals surface area (Å²) >= 11 is 5.90. The first-order valence-electron chi connectivity index (χ1n) is 10.0. The van der Waals surface area contributed by atoms with Crippen molar-refractivity contribution < 1.29 is 17.6 Å². The maximum atomic E-state index is 13.4. The summed E-state index contributed by atoms with van der Waals surface area (Å²) in [5, 5.41) is 3.16. The molecule has 0 spiro atoms. The maximum Gasteiger partial charge on any atom is 0.264 e. The molecule has 0 aliphatic carbocycles. The second-order valence-electron chi connectivity index (χ2n) is 7.46. The van der Waals surface area contributed by atoms with E-state index in [2.05, 4.69) is 5.32 Å². The number of nitrogens with zero attached hydrogens (tertiary/aromatic N) is 1. The molecule has 0 radical (unpaired) electrons. The number of anilines is 1. The number of halogens is 2. The number of aryl methyl sites for hydroxylation is 2. The van der Waals surface area contributed by atoms with Gasteiger partial charge in [0.05, 0.1) is 10.6 Å². The van der Waals surface area contributed by atoms with Crippen LogP contribution < -0.4 is 9.62 Å². The number of carbonyl (C=O) groups excluding carboxylic acids is 1. The molecule has 3 aromatic rings. The summed E-state index contributed by atoms with van der Waals surface area (Å²) in [6, 6.07) is 17.1. The Bertz CT molecular complexity index is 1200. The second kappa shape index (κ2) is 10.1. The number of rotatable bonds is 8. The van der Waals surface area contributed by atoms with Gasteiger partial charge in [-0.1, -0.05) is 29.8 Å². The van der Waals surface area contributed by atoms with Gasteiger partial charge in [-0.3, -0.25) is 9.10 Å². The van der Waals surface area contributed by atoms with Gasteiger partial charge in [0.2, 0.25) is 5.91 Å². The number of carbonyl (C=O) groups is 1. The van der Waals surface area contributed by atoms with Crippen LogP contribution in [0.2, 0.25) is 5.02 Å². The highest BCUT2D eigenvalue weighted by atomic mass is 35.5. The SMILES string of the molecule is Cc1ccc(N(CC(=O)NCCc2ccc(F)cc2)S(=O)(=O)c2ccc(Cl)cc2)cc1C. The molecule has 0 aromatic heterocycles. The Labute approximate surface area is 192 Å². The number of benzene rings is 3. The van der Waals surface area contributed by atoms with Crippen molar-refractivity contribution in [2.24, 2.45) is 0 Å². The van der Waals surface area contributed by atoms with E-state index in [0.717, 1.165) is 21.0 Å². The quantitative estimate of drug-likeness (QED) is 0.516. The molecule has 32 heavy (non-hydrogen) atoms. The molecule has 0 aliphatic heterocycles. The largest absolute Gasteiger partial charge is 0.354 e. The van der Waals surface area contributed by atoms with Gasteiger partial charge in [-0.15, -0.1) is 0 Å². The van der Waals surface area contributed by atoms with Crippen molar-refractivity contribution in [3.8, 4) is 0 Å². The van der Waals surface area contributed by atoms with E-state index in [1.54, 1.807) is 24.3 Å². The number of hydrogen-bond donors (Lipinski definition) is 1. The third-order valence-electron chi connectivity index (χ3n) is 5.12. The minimum Gasteiger partial charge on any atom is -0.354 e. The van der Waals surface area contributed by atoms with Gasteiger partial charge in [0.15, 0.2) is 0 Å². The van der Waals surface area contributed by atoms with Crippen LogP contribution >= 0.6 is 11.6 Å². The summed E-state index contributed by atoms with van der Waals surface area (Å²) in [5.41, 5.74) is 3.19. The fraction of sp³-hybridized carbons (Fsp3) is 0.208. The van der Waals surface area contributed by atoms with E-state index >= 15 is 0 Å². The number of hydrogen-bond acceptors (Lipinski definition) is 3. The molecule has 8 heteroatoms. The van der Waals surface area contributed by atoms with E-state index in [1.165, 1.54) is 36.4 Å². The van der Waals surface area contributed by atoms with E-state index in [0.29, 0.717) is 23.7 Å². The maximum absolute atomic E-state index is 13.4. The van der Waals surface area contributed by atoms with Gasteiger partial charge >= 0.3 is 0 Å². The van der Waals surface area contributed by atoms with E-state index in [4.69, 9.17) is 11.6 Å². The molecule has 1 amide bonds. The van der Waals surface area contributed by atoms with Crippen LogP contribution in [-0.4, -0.2) is 27.4 Å². The molecule has 0 saturated heterocycles. The van der Waals surface area contributed by atoms with Crippen molar-refractivity contribution >= 4 is 33.2 Å². The normalized spacial score (nSPS) is 11.2. The predicted octanol–water partition coefficient (Wildman–Crippen LogP) is 4.65. The van der Waals surface area contributed by atoms with Crippen molar-refractivity contribution in [3.05, 3.63) is 94.3 Å². The van der Waals surface area contributed by atoms with Crippen LogP contribution in [0.25, 0.3) is 0 Å². The van der Waals surface area contributed by atoms with Gasteiger partial charge in [-0.2, -0.15) is 0 Å². The third kappa shape index (κ3) is 5.87. The zero-order valence-corrected chi connectivity index (χ0v) is 19.4. The molecule has 168 valence electrons. The number of amides is 1. The predicted molar refractivity (Wildman–Crippen MR) is 125 cm³/mol. The van der Waals surface area contributed by atoms with Gasteiger partial charge in [-0.05, 0) is 85.5 Å². The first-order valence-corrected chi connectivity index (χ1v) is 11.9. The van der Waals surface area contributed by atoms with Gasteiger partial charge in [0.25, 0.3) is 10.0 Å². The lowest BCUT2D eigenvalue weighted by Crippen LogP contribution is -2.41. The Balaban J connectivity index is 1.80. The van der Waals surface area contributed by atoms with Crippen LogP contribution in [0.4, 0.5) is 10.1 Å². The molecule has 0 atom stereocenters. The monoisotopic (exact) mass is 474 g/mol. The van der Waals surface area contributed by atoms with Gasteiger partial charge in [0.1, 0.15) is 12.4 Å². The lowest BCUT2D eigenvalue weighted by Gasteiger charge is -2.25. The molecule has 0 fully saturated rings. The van der Waals surface area contributed by atoms with Gasteiger partial charge in [0, 0.05) is 11.6 Å². The number of sulfonamides is 1. The molecule has 0 bridgehead atoms. The lowest BCUT2D eigenvalue weighted by molar-refractivity contribution is -0.119. The Kier molecular flexibility index (Phi) is 7.53. The standard InChI is InChI=1S/C24H24ClFN2O3S/c1-17-3-10-22(15-18(17)2)28(32(30,31)23-11-6-20(25)7-12-23)16-24(29)27-14-13-19-4-8-21(26)9-5-19/h3-12,15H,13-14,16H2,1-2H3,(H,27,29). The summed E-state index contributed by atoms with van der Waals surface area (Å²) < 4.78 is 40.9. The summed E-state index contributed by atoms with van der Waals surface area (Å²) in [6.45, 7) is 3.73. The van der Waals surface area contributed by atoms with E-state index in [1.807, 2.05) is 19.9 Å². The third-order valence-corrected chi connectivity index (χ3v) is 7.16. The van der Waals surface area contributed by atoms with E-state index < -0.39 is 15.9 Å². The minimum absolute atomic E-state index is 0.0410. The van der Waals surface area contributed by atoms with Crippen molar-refractivity contribution in [2.45, 2.75) is 25.2 Å². The van der Waals surface area contributed by atoms with E-state index in [9.17, 15) is 17.6 Å². The number of nitrogens with one attached hydrogen (secondary N) is 1. The zero-order chi connectivity index (χ0) is 23.3. The van der Waals surface area contributed by atoms with Crippen molar-refractivity contribution in [1.29, 1.82) is 0 Å². The first-order chi connectivity index (χ1) is 15.2. The second-order valence-corrected chi connectivity index (χ2v) is 9.76. The Morgan fingerprint density at radius 2 is 1.62 bits per heavy atom. The average molecular weight is 475 g/mol. The van der Waals surface area contributed by atoms with Gasteiger partial charge in [-0.25, -0.2) is 12.8 Å². The molecule has 0 unspecified atom stereocenters. The van der Waals surface area contributed by atoms with Crippen LogP contribution in [0.5, 0.6) is 0 Å². The van der Waals surface area contributed by atoms with Crippen molar-refractivity contribution in [2.75, 3.05) is 17.4 Å². The fourth-order valence-electron chi connectivity index (χ4n) is 3.11. The van der Waals surface area contributed by atoms with Crippen LogP contribution in [0.15, 0.2) is 71.6 Å². The minimum atomic E-state index is -4.01. The summed E-state index contributed by atoms with van der Waals surface area (Å²) in [6.07, 6.45) is 0.500. The molecular weight excluding hydrogens is 451 g/mol. The van der Waals surface area contributed by atoms with E-state index in [-0.39, 0.29) is 17.3 Å². The molecule has 0 aliphatic rings. The Hall–Kier alpha value is -2.90. The molecule has 1 N–H and O–H groups in total. The molecule has 3 rings (SSSR count). The summed E-state index contributed by atoms with van der Waals surface area (Å²) in [4.78, 5) is 12.7. The van der Waals surface area contributed by atoms with Crippen LogP contribution in [0.1, 0.15) is 16.7 Å². The highest BCUT2D eigenvalue weighted by molar-refractivity contribution is 7.92. The zero-order valence-electron chi connectivity index (χ0n) is 17.8. The average Bonchev–Trinajstić information content (AvgIpc) is 2.76. The fourth-order valence-corrected chi connectivity index (χ4v) is 4.65. The molecular formula is C24H24ClFN2O3S. The topological polar surface area (TPSA) is 66.5 Å². The van der Waals surface area contributed by atoms with Crippen molar-refractivity contribution in [1.82, 2.24) is 5.32 Å². The molecule has 5 nitrogen and oxygen atoms in total. The Morgan fingerprint density at radius 3 is 2.25 bits per heavy atom. The first kappa shape index (κ1) is 23.8. The van der Waals surface area contributed by atoms with Crippen LogP contribution in [-0.2, 0) is 21.2 Å². The van der Waals surface area contributed by atoms with Crippen LogP contribution in [0.3, 0.4) is 0 Å². The highest BCUT2D eigenvalue weighted by Crippen LogP contribution is 2.26. The molecule has 0 saturated carbocycles. The summed E-state index contributed by atoms with van der Waals surface area (Å²) in [5.74, 6) is -0.767.